The molecule has 0 bridgehead atoms. The van der Waals surface area contributed by atoms with Crippen LogP contribution in [0.3, 0.4) is 0 Å². The third-order valence-corrected chi connectivity index (χ3v) is 4.08. The molecule has 16 heavy (non-hydrogen) atoms. The molecule has 1 aliphatic heterocycles. The van der Waals surface area contributed by atoms with Gasteiger partial charge in [0.2, 0.25) is 0 Å². The van der Waals surface area contributed by atoms with E-state index in [2.05, 4.69) is 31.0 Å². The third-order valence-electron chi connectivity index (χ3n) is 4.08. The highest BCUT2D eigenvalue weighted by atomic mass is 15.2. The van der Waals surface area contributed by atoms with Gasteiger partial charge in [-0.15, -0.1) is 0 Å². The van der Waals surface area contributed by atoms with Crippen LogP contribution >= 0.6 is 0 Å². The molecule has 1 aliphatic rings. The number of hydrogen-bond donors (Lipinski definition) is 1. The van der Waals surface area contributed by atoms with Crippen LogP contribution in [0.4, 0.5) is 0 Å². The minimum Gasteiger partial charge on any atom is -0.317 e. The van der Waals surface area contributed by atoms with Gasteiger partial charge in [-0.1, -0.05) is 20.3 Å². The lowest BCUT2D eigenvalue weighted by Crippen LogP contribution is -2.40. The van der Waals surface area contributed by atoms with Gasteiger partial charge in [0.05, 0.1) is 0 Å². The predicted octanol–water partition coefficient (Wildman–Crippen LogP) is 2.89. The van der Waals surface area contributed by atoms with Crippen molar-refractivity contribution < 1.29 is 0 Å². The minimum absolute atomic E-state index is 0.788. The molecule has 0 saturated carbocycles. The lowest BCUT2D eigenvalue weighted by molar-refractivity contribution is 0.132. The summed E-state index contributed by atoms with van der Waals surface area (Å²) in [7, 11) is 0. The molecular weight excluding hydrogens is 196 g/mol. The van der Waals surface area contributed by atoms with Crippen LogP contribution in [0.2, 0.25) is 0 Å². The van der Waals surface area contributed by atoms with E-state index in [1.807, 2.05) is 0 Å². The lowest BCUT2D eigenvalue weighted by atomic mass is 9.93. The average molecular weight is 226 g/mol. The van der Waals surface area contributed by atoms with Gasteiger partial charge in [0, 0.05) is 6.04 Å². The van der Waals surface area contributed by atoms with Gasteiger partial charge in [0.15, 0.2) is 0 Å². The number of hydrogen-bond acceptors (Lipinski definition) is 2. The van der Waals surface area contributed by atoms with Gasteiger partial charge in [0.1, 0.15) is 0 Å². The van der Waals surface area contributed by atoms with Crippen LogP contribution in [0.1, 0.15) is 52.9 Å². The molecule has 1 heterocycles. The molecule has 0 amide bonds. The Bertz CT molecular complexity index is 162. The van der Waals surface area contributed by atoms with Crippen LogP contribution in [0.25, 0.3) is 0 Å². The maximum absolute atomic E-state index is 3.40. The molecule has 0 radical (unpaired) electrons. The zero-order chi connectivity index (χ0) is 11.8. The minimum atomic E-state index is 0.788. The van der Waals surface area contributed by atoms with Crippen molar-refractivity contribution in [3.8, 4) is 0 Å². The summed E-state index contributed by atoms with van der Waals surface area (Å²) in [6.45, 7) is 11.9. The molecule has 1 unspecified atom stereocenters. The molecular formula is C14H30N2. The first-order valence-corrected chi connectivity index (χ1v) is 7.22. The Labute approximate surface area is 102 Å². The molecule has 0 spiro atoms. The zero-order valence-electron chi connectivity index (χ0n) is 11.5. The molecule has 1 saturated heterocycles. The van der Waals surface area contributed by atoms with Crippen LogP contribution in [0.15, 0.2) is 0 Å². The van der Waals surface area contributed by atoms with E-state index >= 15 is 0 Å². The fraction of sp³-hybridized carbons (Fsp3) is 1.00. The van der Waals surface area contributed by atoms with Crippen molar-refractivity contribution in [2.75, 3.05) is 26.2 Å². The average Bonchev–Trinajstić information content (AvgIpc) is 2.34. The third kappa shape index (κ3) is 4.84. The Morgan fingerprint density at radius 3 is 2.50 bits per heavy atom. The molecule has 1 fully saturated rings. The van der Waals surface area contributed by atoms with E-state index in [1.165, 1.54) is 51.7 Å². The molecule has 0 aromatic carbocycles. The number of likely N-dealkylation sites (tertiary alicyclic amines) is 1. The summed E-state index contributed by atoms with van der Waals surface area (Å²) in [4.78, 5) is 2.69. The van der Waals surface area contributed by atoms with E-state index in [0.717, 1.165) is 18.5 Å². The zero-order valence-corrected chi connectivity index (χ0v) is 11.5. The summed E-state index contributed by atoms with van der Waals surface area (Å²) < 4.78 is 0. The molecule has 1 atom stereocenters. The van der Waals surface area contributed by atoms with Crippen molar-refractivity contribution in [2.45, 2.75) is 58.9 Å². The molecule has 0 aromatic heterocycles. The fourth-order valence-corrected chi connectivity index (χ4v) is 2.68. The van der Waals surface area contributed by atoms with Crippen molar-refractivity contribution in [1.29, 1.82) is 0 Å². The molecule has 96 valence electrons. The smallest absolute Gasteiger partial charge is 0.00674 e. The van der Waals surface area contributed by atoms with Crippen molar-refractivity contribution in [3.05, 3.63) is 0 Å². The Morgan fingerprint density at radius 1 is 1.25 bits per heavy atom. The molecule has 0 aromatic rings. The van der Waals surface area contributed by atoms with Gasteiger partial charge >= 0.3 is 0 Å². The molecule has 2 heteroatoms. The second kappa shape index (κ2) is 8.08. The molecule has 1 rings (SSSR count). The Balaban J connectivity index is 2.10. The largest absolute Gasteiger partial charge is 0.317 e. The van der Waals surface area contributed by atoms with E-state index in [-0.39, 0.29) is 0 Å². The van der Waals surface area contributed by atoms with E-state index in [0.29, 0.717) is 0 Å². The van der Waals surface area contributed by atoms with Gasteiger partial charge in [0.25, 0.3) is 0 Å². The fourth-order valence-electron chi connectivity index (χ4n) is 2.68. The number of nitrogens with one attached hydrogen (secondary N) is 1. The summed E-state index contributed by atoms with van der Waals surface area (Å²) in [5.74, 6) is 1.00. The first-order chi connectivity index (χ1) is 7.77. The molecule has 1 N–H and O–H groups in total. The SMILES string of the molecule is CCNCCCC(C)N1CCC(CC)CC1. The van der Waals surface area contributed by atoms with E-state index < -0.39 is 0 Å². The summed E-state index contributed by atoms with van der Waals surface area (Å²) in [5, 5.41) is 3.40. The molecule has 0 aliphatic carbocycles. The first kappa shape index (κ1) is 14.0. The second-order valence-corrected chi connectivity index (χ2v) is 5.23. The van der Waals surface area contributed by atoms with Gasteiger partial charge in [-0.05, 0) is 64.7 Å². The topological polar surface area (TPSA) is 15.3 Å². The first-order valence-electron chi connectivity index (χ1n) is 7.22. The normalized spacial score (nSPS) is 21.2. The Kier molecular flexibility index (Phi) is 7.06. The highest BCUT2D eigenvalue weighted by Gasteiger charge is 2.20. The van der Waals surface area contributed by atoms with Crippen molar-refractivity contribution in [3.63, 3.8) is 0 Å². The van der Waals surface area contributed by atoms with E-state index in [4.69, 9.17) is 0 Å². The summed E-state index contributed by atoms with van der Waals surface area (Å²) in [5.41, 5.74) is 0. The monoisotopic (exact) mass is 226 g/mol. The summed E-state index contributed by atoms with van der Waals surface area (Å²) >= 11 is 0. The maximum atomic E-state index is 3.40. The lowest BCUT2D eigenvalue weighted by Gasteiger charge is -2.35. The second-order valence-electron chi connectivity index (χ2n) is 5.23. The number of rotatable bonds is 7. The van der Waals surface area contributed by atoms with Crippen molar-refractivity contribution in [1.82, 2.24) is 10.2 Å². The van der Waals surface area contributed by atoms with Crippen molar-refractivity contribution >= 4 is 0 Å². The predicted molar refractivity (Wildman–Crippen MR) is 71.8 cm³/mol. The van der Waals surface area contributed by atoms with Gasteiger partial charge in [-0.2, -0.15) is 0 Å². The van der Waals surface area contributed by atoms with Crippen LogP contribution < -0.4 is 5.32 Å². The van der Waals surface area contributed by atoms with Crippen molar-refractivity contribution in [2.24, 2.45) is 5.92 Å². The highest BCUT2D eigenvalue weighted by molar-refractivity contribution is 4.75. The Morgan fingerprint density at radius 2 is 1.94 bits per heavy atom. The van der Waals surface area contributed by atoms with Gasteiger partial charge in [-0.25, -0.2) is 0 Å². The van der Waals surface area contributed by atoms with Crippen LogP contribution in [-0.2, 0) is 0 Å². The Hall–Kier alpha value is -0.0800. The summed E-state index contributed by atoms with van der Waals surface area (Å²) in [6.07, 6.45) is 6.90. The number of nitrogens with zero attached hydrogens (tertiary/aromatic N) is 1. The summed E-state index contributed by atoms with van der Waals surface area (Å²) in [6, 6.07) is 0.788. The van der Waals surface area contributed by atoms with Crippen LogP contribution in [-0.4, -0.2) is 37.1 Å². The van der Waals surface area contributed by atoms with E-state index in [9.17, 15) is 0 Å². The quantitative estimate of drug-likeness (QED) is 0.672. The van der Waals surface area contributed by atoms with Gasteiger partial charge in [-0.3, -0.25) is 0 Å². The standard InChI is InChI=1S/C14H30N2/c1-4-14-8-11-16(12-9-14)13(3)7-6-10-15-5-2/h13-15H,4-12H2,1-3H3. The van der Waals surface area contributed by atoms with Crippen LogP contribution in [0, 0.1) is 5.92 Å². The highest BCUT2D eigenvalue weighted by Crippen LogP contribution is 2.22. The van der Waals surface area contributed by atoms with Gasteiger partial charge < -0.3 is 10.2 Å². The molecule has 2 nitrogen and oxygen atoms in total. The maximum Gasteiger partial charge on any atom is 0.00674 e. The van der Waals surface area contributed by atoms with Crippen LogP contribution in [0.5, 0.6) is 0 Å². The number of piperidine rings is 1. The van der Waals surface area contributed by atoms with E-state index in [1.54, 1.807) is 0 Å².